The fourth-order valence-electron chi connectivity index (χ4n) is 3.21. The van der Waals surface area contributed by atoms with Crippen molar-refractivity contribution in [1.29, 1.82) is 0 Å². The number of thioether (sulfide) groups is 2. The molecule has 0 saturated heterocycles. The second kappa shape index (κ2) is 13.5. The molecule has 0 radical (unpaired) electrons. The molecule has 30 heavy (non-hydrogen) atoms. The van der Waals surface area contributed by atoms with Gasteiger partial charge in [-0.2, -0.15) is 11.8 Å². The summed E-state index contributed by atoms with van der Waals surface area (Å²) in [5.41, 5.74) is 1.66. The normalized spacial score (nSPS) is 11.8. The Labute approximate surface area is 188 Å². The van der Waals surface area contributed by atoms with Crippen LogP contribution < -0.4 is 0 Å². The number of ketones is 1. The number of amides is 1. The molecule has 2 aromatic rings. The van der Waals surface area contributed by atoms with Gasteiger partial charge in [-0.3, -0.25) is 9.59 Å². The van der Waals surface area contributed by atoms with E-state index in [4.69, 9.17) is 0 Å². The quantitative estimate of drug-likeness (QED) is 0.351. The van der Waals surface area contributed by atoms with Crippen LogP contribution in [0.1, 0.15) is 42.1 Å². The highest BCUT2D eigenvalue weighted by molar-refractivity contribution is 7.99. The van der Waals surface area contributed by atoms with E-state index in [9.17, 15) is 14.7 Å². The van der Waals surface area contributed by atoms with Gasteiger partial charge in [-0.15, -0.1) is 11.8 Å². The number of carbonyl (C=O) groups is 2. The molecule has 0 aliphatic carbocycles. The summed E-state index contributed by atoms with van der Waals surface area (Å²) >= 11 is 3.48. The Kier molecular flexibility index (Phi) is 11.0. The van der Waals surface area contributed by atoms with Gasteiger partial charge >= 0.3 is 0 Å². The molecule has 0 bridgehead atoms. The van der Waals surface area contributed by atoms with Crippen molar-refractivity contribution in [3.63, 3.8) is 0 Å². The third-order valence-electron chi connectivity index (χ3n) is 4.88. The highest BCUT2D eigenvalue weighted by atomic mass is 32.2. The Hall–Kier alpha value is -1.76. The number of rotatable bonds is 13. The van der Waals surface area contributed by atoms with E-state index in [1.165, 1.54) is 4.90 Å². The van der Waals surface area contributed by atoms with Crippen LogP contribution in [0.2, 0.25) is 0 Å². The number of nitrogens with zero attached hydrogens (tertiary/aromatic N) is 1. The summed E-state index contributed by atoms with van der Waals surface area (Å²) in [6, 6.07) is 17.0. The van der Waals surface area contributed by atoms with E-state index in [1.54, 1.807) is 40.6 Å². The molecule has 4 nitrogen and oxygen atoms in total. The molecule has 2 rings (SSSR count). The van der Waals surface area contributed by atoms with E-state index in [-0.39, 0.29) is 37.2 Å². The fourth-order valence-corrected chi connectivity index (χ4v) is 4.38. The molecule has 1 N–H and O–H groups in total. The summed E-state index contributed by atoms with van der Waals surface area (Å²) in [4.78, 5) is 28.4. The van der Waals surface area contributed by atoms with Crippen molar-refractivity contribution < 1.29 is 14.7 Å². The van der Waals surface area contributed by atoms with E-state index in [0.29, 0.717) is 12.1 Å². The van der Waals surface area contributed by atoms with Crippen LogP contribution >= 0.6 is 23.5 Å². The van der Waals surface area contributed by atoms with Crippen molar-refractivity contribution in [2.75, 3.05) is 24.4 Å². The summed E-state index contributed by atoms with van der Waals surface area (Å²) in [6.07, 6.45) is 3.06. The first-order valence-corrected chi connectivity index (χ1v) is 12.7. The molecule has 0 saturated carbocycles. The molecule has 0 aliphatic heterocycles. The Bertz CT molecular complexity index is 781. The van der Waals surface area contributed by atoms with Gasteiger partial charge in [0, 0.05) is 29.8 Å². The first kappa shape index (κ1) is 24.5. The summed E-state index contributed by atoms with van der Waals surface area (Å²) in [5, 5.41) is 9.95. The summed E-state index contributed by atoms with van der Waals surface area (Å²) < 4.78 is 0. The average molecular weight is 446 g/mol. The third-order valence-corrected chi connectivity index (χ3v) is 6.41. The van der Waals surface area contributed by atoms with Gasteiger partial charge in [0.2, 0.25) is 5.91 Å². The van der Waals surface area contributed by atoms with E-state index in [2.05, 4.69) is 19.1 Å². The van der Waals surface area contributed by atoms with Gasteiger partial charge in [0.15, 0.2) is 5.78 Å². The van der Waals surface area contributed by atoms with Crippen molar-refractivity contribution >= 4 is 35.2 Å². The average Bonchev–Trinajstić information content (AvgIpc) is 2.78. The second-order valence-electron chi connectivity index (χ2n) is 7.01. The minimum absolute atomic E-state index is 0.0329. The number of hydrogen-bond acceptors (Lipinski definition) is 5. The largest absolute Gasteiger partial charge is 0.394 e. The number of benzene rings is 2. The van der Waals surface area contributed by atoms with Crippen molar-refractivity contribution in [2.45, 2.75) is 43.7 Å². The van der Waals surface area contributed by atoms with Crippen LogP contribution in [0, 0.1) is 0 Å². The van der Waals surface area contributed by atoms with Crippen LogP contribution in [0.5, 0.6) is 0 Å². The van der Waals surface area contributed by atoms with E-state index in [0.717, 1.165) is 23.5 Å². The van der Waals surface area contributed by atoms with Crippen LogP contribution in [-0.2, 0) is 11.3 Å². The van der Waals surface area contributed by atoms with Crippen molar-refractivity contribution in [2.24, 2.45) is 0 Å². The topological polar surface area (TPSA) is 57.6 Å². The monoisotopic (exact) mass is 445 g/mol. The van der Waals surface area contributed by atoms with Crippen LogP contribution in [0.25, 0.3) is 0 Å². The number of Topliss-reactive ketones (excluding diaryl/α,β-unsaturated/α-hetero) is 1. The lowest BCUT2D eigenvalue weighted by Gasteiger charge is -2.31. The molecule has 1 atom stereocenters. The van der Waals surface area contributed by atoms with Crippen molar-refractivity contribution in [3.8, 4) is 0 Å². The third kappa shape index (κ3) is 7.82. The molecule has 0 heterocycles. The molecular weight excluding hydrogens is 414 g/mol. The van der Waals surface area contributed by atoms with Gasteiger partial charge in [-0.05, 0) is 41.9 Å². The van der Waals surface area contributed by atoms with Gasteiger partial charge in [0.1, 0.15) is 0 Å². The first-order chi connectivity index (χ1) is 14.6. The predicted octanol–water partition coefficient (Wildman–Crippen LogP) is 4.90. The highest BCUT2D eigenvalue weighted by Crippen LogP contribution is 2.20. The summed E-state index contributed by atoms with van der Waals surface area (Å²) in [5.74, 6) is 1.76. The Morgan fingerprint density at radius 1 is 1.03 bits per heavy atom. The highest BCUT2D eigenvalue weighted by Gasteiger charge is 2.24. The fraction of sp³-hybridized carbons (Fsp3) is 0.417. The molecule has 2 aromatic carbocycles. The lowest BCUT2D eigenvalue weighted by Crippen LogP contribution is -2.42. The number of aliphatic hydroxyl groups excluding tert-OH is 1. The molecule has 6 heteroatoms. The minimum Gasteiger partial charge on any atom is -0.394 e. The number of carbonyl (C=O) groups excluding carboxylic acids is 2. The molecule has 0 aliphatic rings. The maximum absolute atomic E-state index is 13.1. The Morgan fingerprint density at radius 2 is 1.73 bits per heavy atom. The zero-order valence-corrected chi connectivity index (χ0v) is 19.4. The molecule has 162 valence electrons. The van der Waals surface area contributed by atoms with Crippen LogP contribution in [-0.4, -0.2) is 52.1 Å². The van der Waals surface area contributed by atoms with Gasteiger partial charge in [0.25, 0.3) is 0 Å². The first-order valence-electron chi connectivity index (χ1n) is 10.3. The van der Waals surface area contributed by atoms with E-state index in [1.807, 2.05) is 36.6 Å². The lowest BCUT2D eigenvalue weighted by atomic mass is 10.0. The van der Waals surface area contributed by atoms with Gasteiger partial charge in [0.05, 0.1) is 12.6 Å². The van der Waals surface area contributed by atoms with Crippen molar-refractivity contribution in [1.82, 2.24) is 4.90 Å². The maximum Gasteiger partial charge on any atom is 0.223 e. The number of aliphatic hydroxyl groups is 1. The smallest absolute Gasteiger partial charge is 0.223 e. The molecular formula is C24H31NO3S2. The molecule has 0 unspecified atom stereocenters. The molecule has 1 amide bonds. The van der Waals surface area contributed by atoms with Gasteiger partial charge < -0.3 is 10.0 Å². The van der Waals surface area contributed by atoms with Crippen LogP contribution in [0.3, 0.4) is 0 Å². The standard InChI is InChI=1S/C24H31NO3S2/c1-3-30-22-11-9-19(10-12-22)17-25(21(18-26)15-16-29-2)24(28)14-13-23(27)20-7-5-4-6-8-20/h4-12,21,26H,3,13-18H2,1-2H3/t21-/m0/s1. The van der Waals surface area contributed by atoms with E-state index >= 15 is 0 Å². The number of hydrogen-bond donors (Lipinski definition) is 1. The molecule has 0 aromatic heterocycles. The minimum atomic E-state index is -0.249. The zero-order valence-electron chi connectivity index (χ0n) is 17.8. The van der Waals surface area contributed by atoms with E-state index < -0.39 is 0 Å². The SMILES string of the molecule is CCSc1ccc(CN(C(=O)CCC(=O)c2ccccc2)[C@H](CO)CCSC)cc1. The molecule has 0 fully saturated rings. The molecule has 0 spiro atoms. The maximum atomic E-state index is 13.1. The Balaban J connectivity index is 2.09. The van der Waals surface area contributed by atoms with Crippen molar-refractivity contribution in [3.05, 3.63) is 65.7 Å². The summed E-state index contributed by atoms with van der Waals surface area (Å²) in [6.45, 7) is 2.48. The van der Waals surface area contributed by atoms with Gasteiger partial charge in [-0.25, -0.2) is 0 Å². The van der Waals surface area contributed by atoms with Crippen LogP contribution in [0.4, 0.5) is 0 Å². The predicted molar refractivity (Wildman–Crippen MR) is 127 cm³/mol. The van der Waals surface area contributed by atoms with Gasteiger partial charge in [-0.1, -0.05) is 49.4 Å². The van der Waals surface area contributed by atoms with Crippen LogP contribution in [0.15, 0.2) is 59.5 Å². The Morgan fingerprint density at radius 3 is 2.33 bits per heavy atom. The zero-order chi connectivity index (χ0) is 21.8. The lowest BCUT2D eigenvalue weighted by molar-refractivity contribution is -0.135. The summed E-state index contributed by atoms with van der Waals surface area (Å²) in [7, 11) is 0. The second-order valence-corrected chi connectivity index (χ2v) is 9.33.